The van der Waals surface area contributed by atoms with E-state index in [2.05, 4.69) is 0 Å². The number of aliphatic hydroxyl groups excluding tert-OH is 2. The summed E-state index contributed by atoms with van der Waals surface area (Å²) < 4.78 is 0. The zero-order valence-corrected chi connectivity index (χ0v) is 3.09. The Morgan fingerprint density at radius 2 is 2.33 bits per heavy atom. The molecule has 0 aromatic heterocycles. The molecular weight excluding hydrogens is 84.0 g/mol. The highest BCUT2D eigenvalue weighted by molar-refractivity contribution is 5.85. The predicted octanol–water partition coefficient (Wildman–Crippen LogP) is -0.918. The molecule has 0 saturated heterocycles. The molecule has 0 aromatic carbocycles. The van der Waals surface area contributed by atoms with Gasteiger partial charge in [0.05, 0.1) is 0 Å². The van der Waals surface area contributed by atoms with E-state index in [9.17, 15) is 4.79 Å². The maximum atomic E-state index is 9.62. The number of carbonyl (C=O) groups excluding carboxylic acids is 1. The molecule has 2 N–H and O–H groups in total. The molecule has 1 radical (unpaired) electrons. The number of ketones is 1. The average Bonchev–Trinajstić information content (AvgIpc) is 1.65. The van der Waals surface area contributed by atoms with Crippen LogP contribution in [0.4, 0.5) is 0 Å². The van der Waals surface area contributed by atoms with Gasteiger partial charge in [-0.05, 0) is 0 Å². The highest BCUT2D eigenvalue weighted by atomic mass is 16.3. The summed E-state index contributed by atoms with van der Waals surface area (Å²) in [6.45, 7) is -0.281. The molecule has 3 nitrogen and oxygen atoms in total. The SMILES string of the molecule is O=C([CH]O)CO. The van der Waals surface area contributed by atoms with Crippen molar-refractivity contribution in [1.29, 1.82) is 0 Å². The highest BCUT2D eigenvalue weighted by Crippen LogP contribution is 1.67. The molecule has 0 aliphatic rings. The molecule has 0 fully saturated rings. The van der Waals surface area contributed by atoms with E-state index >= 15 is 0 Å². The Morgan fingerprint density at radius 3 is 2.33 bits per heavy atom. The molecule has 0 aliphatic carbocycles. The molecule has 0 unspecified atom stereocenters. The number of carbonyl (C=O) groups is 1. The summed E-state index contributed by atoms with van der Waals surface area (Å²) in [5, 5.41) is 15.5. The van der Waals surface area contributed by atoms with E-state index in [4.69, 9.17) is 10.2 Å². The van der Waals surface area contributed by atoms with E-state index in [0.29, 0.717) is 6.61 Å². The van der Waals surface area contributed by atoms with Crippen molar-refractivity contribution in [1.82, 2.24) is 0 Å². The number of hydrogen-bond donors (Lipinski definition) is 2. The smallest absolute Gasteiger partial charge is 0.189 e. The summed E-state index contributed by atoms with van der Waals surface area (Å²) in [5.41, 5.74) is 0. The van der Waals surface area contributed by atoms with Crippen molar-refractivity contribution in [3.8, 4) is 0 Å². The maximum absolute atomic E-state index is 9.62. The van der Waals surface area contributed by atoms with Gasteiger partial charge in [0.25, 0.3) is 0 Å². The summed E-state index contributed by atoms with van der Waals surface area (Å²) in [6.07, 6.45) is 0. The monoisotopic (exact) mass is 89.0 g/mol. The largest absolute Gasteiger partial charge is 0.388 e. The van der Waals surface area contributed by atoms with Crippen molar-refractivity contribution < 1.29 is 15.0 Å². The molecule has 3 heteroatoms. The van der Waals surface area contributed by atoms with E-state index in [1.54, 1.807) is 0 Å². The third kappa shape index (κ3) is 1.87. The Hall–Kier alpha value is -0.410. The standard InChI is InChI=1S/C3H5O3/c4-1-3(6)2-5/h1,4-5H,2H2. The predicted molar refractivity (Wildman–Crippen MR) is 18.3 cm³/mol. The van der Waals surface area contributed by atoms with Crippen LogP contribution in [0.25, 0.3) is 0 Å². The summed E-state index contributed by atoms with van der Waals surface area (Å²) >= 11 is 0. The van der Waals surface area contributed by atoms with Crippen LogP contribution in [0, 0.1) is 6.61 Å². The van der Waals surface area contributed by atoms with Crippen LogP contribution < -0.4 is 0 Å². The Balaban J connectivity index is 2.99. The molecule has 0 bridgehead atoms. The van der Waals surface area contributed by atoms with Crippen LogP contribution in [-0.2, 0) is 4.79 Å². The number of rotatable bonds is 2. The topological polar surface area (TPSA) is 57.5 Å². The summed E-state index contributed by atoms with van der Waals surface area (Å²) in [5.74, 6) is -0.671. The van der Waals surface area contributed by atoms with Gasteiger partial charge in [0.1, 0.15) is 13.2 Å². The van der Waals surface area contributed by atoms with Crippen molar-refractivity contribution in [3.05, 3.63) is 6.61 Å². The van der Waals surface area contributed by atoms with Crippen LogP contribution in [0.2, 0.25) is 0 Å². The van der Waals surface area contributed by atoms with Gasteiger partial charge >= 0.3 is 0 Å². The van der Waals surface area contributed by atoms with Gasteiger partial charge in [0.2, 0.25) is 0 Å². The van der Waals surface area contributed by atoms with Crippen molar-refractivity contribution in [2.75, 3.05) is 6.61 Å². The number of hydrogen-bond acceptors (Lipinski definition) is 3. The van der Waals surface area contributed by atoms with Crippen LogP contribution in [0.1, 0.15) is 0 Å². The van der Waals surface area contributed by atoms with E-state index in [-0.39, 0.29) is 0 Å². The first-order valence-corrected chi connectivity index (χ1v) is 1.42. The summed E-state index contributed by atoms with van der Waals surface area (Å²) in [7, 11) is 0. The zero-order valence-electron chi connectivity index (χ0n) is 3.09. The summed E-state index contributed by atoms with van der Waals surface area (Å²) in [6, 6.07) is 0. The minimum atomic E-state index is -0.671. The Bertz CT molecular complexity index is 44.0. The first-order chi connectivity index (χ1) is 2.81. The summed E-state index contributed by atoms with van der Waals surface area (Å²) in [4.78, 5) is 9.62. The van der Waals surface area contributed by atoms with E-state index in [1.807, 2.05) is 0 Å². The van der Waals surface area contributed by atoms with Gasteiger partial charge in [-0.1, -0.05) is 0 Å². The third-order valence-electron chi connectivity index (χ3n) is 0.300. The molecule has 0 aliphatic heterocycles. The Kier molecular flexibility index (Phi) is 2.62. The van der Waals surface area contributed by atoms with Gasteiger partial charge in [0, 0.05) is 0 Å². The lowest BCUT2D eigenvalue weighted by Crippen LogP contribution is -2.02. The molecule has 0 saturated carbocycles. The molecule has 0 atom stereocenters. The fourth-order valence-corrected chi connectivity index (χ4v) is 0.0408. The lowest BCUT2D eigenvalue weighted by atomic mass is 10.5. The van der Waals surface area contributed by atoms with Crippen molar-refractivity contribution in [2.45, 2.75) is 0 Å². The van der Waals surface area contributed by atoms with Gasteiger partial charge in [-0.15, -0.1) is 0 Å². The van der Waals surface area contributed by atoms with Crippen molar-refractivity contribution >= 4 is 5.78 Å². The second-order valence-electron chi connectivity index (χ2n) is 0.754. The third-order valence-corrected chi connectivity index (χ3v) is 0.300. The van der Waals surface area contributed by atoms with E-state index in [0.717, 1.165) is 0 Å². The molecule has 0 rings (SSSR count). The second-order valence-corrected chi connectivity index (χ2v) is 0.754. The van der Waals surface area contributed by atoms with Gasteiger partial charge in [0.15, 0.2) is 5.78 Å². The molecule has 0 amide bonds. The van der Waals surface area contributed by atoms with Crippen LogP contribution in [0.15, 0.2) is 0 Å². The fourth-order valence-electron chi connectivity index (χ4n) is 0.0408. The van der Waals surface area contributed by atoms with E-state index < -0.39 is 12.4 Å². The lowest BCUT2D eigenvalue weighted by molar-refractivity contribution is -0.121. The van der Waals surface area contributed by atoms with Crippen LogP contribution in [0.5, 0.6) is 0 Å². The number of aliphatic hydroxyl groups is 2. The van der Waals surface area contributed by atoms with Crippen molar-refractivity contribution in [3.63, 3.8) is 0 Å². The lowest BCUT2D eigenvalue weighted by Gasteiger charge is -1.79. The van der Waals surface area contributed by atoms with Gasteiger partial charge in [-0.25, -0.2) is 0 Å². The minimum absolute atomic E-state index is 0.333. The Labute approximate surface area is 35.2 Å². The molecular formula is C3H5O3. The number of Topliss-reactive ketones (excluding diaryl/α,β-unsaturated/α-hetero) is 1. The Morgan fingerprint density at radius 1 is 1.83 bits per heavy atom. The van der Waals surface area contributed by atoms with Crippen LogP contribution in [-0.4, -0.2) is 22.6 Å². The highest BCUT2D eigenvalue weighted by Gasteiger charge is 1.91. The van der Waals surface area contributed by atoms with Crippen LogP contribution >= 0.6 is 0 Å². The molecule has 0 spiro atoms. The average molecular weight is 89.1 g/mol. The quantitative estimate of drug-likeness (QED) is 0.460. The molecule has 0 aromatic rings. The minimum Gasteiger partial charge on any atom is -0.388 e. The first-order valence-electron chi connectivity index (χ1n) is 1.42. The van der Waals surface area contributed by atoms with Gasteiger partial charge < -0.3 is 10.2 Å². The normalized spacial score (nSPS) is 8.33. The van der Waals surface area contributed by atoms with Gasteiger partial charge in [-0.3, -0.25) is 4.79 Å². The van der Waals surface area contributed by atoms with Gasteiger partial charge in [-0.2, -0.15) is 0 Å². The second kappa shape index (κ2) is 2.81. The maximum Gasteiger partial charge on any atom is 0.189 e. The molecule has 6 heavy (non-hydrogen) atoms. The van der Waals surface area contributed by atoms with Crippen LogP contribution in [0.3, 0.4) is 0 Å². The first kappa shape index (κ1) is 5.59. The fraction of sp³-hybridized carbons (Fsp3) is 0.333. The zero-order chi connectivity index (χ0) is 4.99. The van der Waals surface area contributed by atoms with E-state index in [1.165, 1.54) is 0 Å². The van der Waals surface area contributed by atoms with Crippen molar-refractivity contribution in [2.24, 2.45) is 0 Å². The molecule has 35 valence electrons. The molecule has 0 heterocycles.